The van der Waals surface area contributed by atoms with Crippen molar-refractivity contribution in [1.82, 2.24) is 20.0 Å². The van der Waals surface area contributed by atoms with Crippen LogP contribution in [0.15, 0.2) is 54.7 Å². The van der Waals surface area contributed by atoms with Crippen molar-refractivity contribution in [1.29, 1.82) is 0 Å². The number of methoxy groups -OCH3 is 1. The fraction of sp³-hybridized carbons (Fsp3) is 0.320. The highest BCUT2D eigenvalue weighted by molar-refractivity contribution is 5.95. The lowest BCUT2D eigenvalue weighted by Gasteiger charge is -2.23. The second-order valence-corrected chi connectivity index (χ2v) is 8.13. The van der Waals surface area contributed by atoms with E-state index in [1.165, 1.54) is 0 Å². The summed E-state index contributed by atoms with van der Waals surface area (Å²) < 4.78 is 6.91. The molecule has 7 nitrogen and oxygen atoms in total. The van der Waals surface area contributed by atoms with Gasteiger partial charge in [0.1, 0.15) is 5.75 Å². The van der Waals surface area contributed by atoms with Gasteiger partial charge in [0.25, 0.3) is 5.91 Å². The van der Waals surface area contributed by atoms with Gasteiger partial charge in [-0.3, -0.25) is 14.3 Å². The normalized spacial score (nSPS) is 16.4. The fourth-order valence-corrected chi connectivity index (χ4v) is 4.24. The van der Waals surface area contributed by atoms with Crippen molar-refractivity contribution in [2.75, 3.05) is 26.7 Å². The van der Waals surface area contributed by atoms with E-state index in [4.69, 9.17) is 4.74 Å². The Morgan fingerprint density at radius 2 is 1.94 bits per heavy atom. The molecular weight excluding hydrogens is 404 g/mol. The third kappa shape index (κ3) is 4.51. The topological polar surface area (TPSA) is 76.5 Å². The van der Waals surface area contributed by atoms with Gasteiger partial charge in [0.05, 0.1) is 24.3 Å². The van der Waals surface area contributed by atoms with Crippen molar-refractivity contribution >= 4 is 11.8 Å². The van der Waals surface area contributed by atoms with E-state index in [0.717, 1.165) is 22.4 Å². The lowest BCUT2D eigenvalue weighted by Crippen LogP contribution is -2.37. The largest absolute Gasteiger partial charge is 0.497 e. The molecule has 4 rings (SSSR count). The van der Waals surface area contributed by atoms with Crippen LogP contribution in [0.1, 0.15) is 21.6 Å². The number of carbonyl (C=O) groups excluding carboxylic acids is 2. The van der Waals surface area contributed by atoms with Crippen LogP contribution in [0, 0.1) is 12.8 Å². The molecule has 2 aromatic carbocycles. The maximum Gasteiger partial charge on any atom is 0.257 e. The van der Waals surface area contributed by atoms with Gasteiger partial charge in [-0.1, -0.05) is 36.4 Å². The van der Waals surface area contributed by atoms with Crippen LogP contribution in [0.3, 0.4) is 0 Å². The Hall–Kier alpha value is -3.61. The summed E-state index contributed by atoms with van der Waals surface area (Å²) in [5, 5.41) is 7.26. The average molecular weight is 433 g/mol. The Bertz CT molecular complexity index is 1120. The predicted molar refractivity (Wildman–Crippen MR) is 122 cm³/mol. The number of nitrogens with zero attached hydrogens (tertiary/aromatic N) is 3. The Balaban J connectivity index is 1.58. The van der Waals surface area contributed by atoms with Gasteiger partial charge in [-0.05, 0) is 42.2 Å². The van der Waals surface area contributed by atoms with Gasteiger partial charge in [0, 0.05) is 32.9 Å². The first-order valence-corrected chi connectivity index (χ1v) is 10.8. The van der Waals surface area contributed by atoms with Gasteiger partial charge in [-0.15, -0.1) is 0 Å². The highest BCUT2D eigenvalue weighted by Crippen LogP contribution is 2.28. The van der Waals surface area contributed by atoms with Crippen molar-refractivity contribution < 1.29 is 14.3 Å². The summed E-state index contributed by atoms with van der Waals surface area (Å²) in [4.78, 5) is 27.8. The molecule has 7 heteroatoms. The van der Waals surface area contributed by atoms with E-state index in [0.29, 0.717) is 37.3 Å². The van der Waals surface area contributed by atoms with Gasteiger partial charge in [-0.2, -0.15) is 5.10 Å². The quantitative estimate of drug-likeness (QED) is 0.673. The molecule has 1 aromatic heterocycles. The monoisotopic (exact) mass is 432 g/mol. The molecule has 2 heterocycles. The Labute approximate surface area is 188 Å². The SMILES string of the molecule is COc1ccc(-c2ccccc2CC2CN(C(=O)c3cn(C)nc3C)CCNC2=O)cc1. The minimum absolute atomic E-state index is 0.0206. The van der Waals surface area contributed by atoms with Crippen molar-refractivity contribution in [3.63, 3.8) is 0 Å². The zero-order valence-electron chi connectivity index (χ0n) is 18.7. The number of rotatable bonds is 5. The molecule has 1 saturated heterocycles. The van der Waals surface area contributed by atoms with E-state index in [-0.39, 0.29) is 17.7 Å². The third-order valence-electron chi connectivity index (χ3n) is 5.91. The number of carbonyl (C=O) groups is 2. The summed E-state index contributed by atoms with van der Waals surface area (Å²) in [6.45, 7) is 3.13. The van der Waals surface area contributed by atoms with Gasteiger partial charge < -0.3 is 15.0 Å². The van der Waals surface area contributed by atoms with Crippen LogP contribution in [0.2, 0.25) is 0 Å². The van der Waals surface area contributed by atoms with Crippen molar-refractivity contribution in [3.05, 3.63) is 71.5 Å². The molecule has 0 spiro atoms. The standard InChI is InChI=1S/C25H28N4O3/c1-17-23(16-28(2)27-17)25(31)29-13-12-26-24(30)20(15-29)14-19-6-4-5-7-22(19)18-8-10-21(32-3)11-9-18/h4-11,16,20H,12-15H2,1-3H3,(H,26,30). The van der Waals surface area contributed by atoms with Crippen LogP contribution in [-0.4, -0.2) is 53.2 Å². The summed E-state index contributed by atoms with van der Waals surface area (Å²) in [5.74, 6) is 0.361. The van der Waals surface area contributed by atoms with Crippen LogP contribution in [0.25, 0.3) is 11.1 Å². The zero-order chi connectivity index (χ0) is 22.7. The van der Waals surface area contributed by atoms with Gasteiger partial charge in [0.15, 0.2) is 0 Å². The van der Waals surface area contributed by atoms with E-state index in [1.807, 2.05) is 43.3 Å². The van der Waals surface area contributed by atoms with Gasteiger partial charge >= 0.3 is 0 Å². The summed E-state index contributed by atoms with van der Waals surface area (Å²) >= 11 is 0. The van der Waals surface area contributed by atoms with Crippen LogP contribution in [0.5, 0.6) is 5.75 Å². The summed E-state index contributed by atoms with van der Waals surface area (Å²) in [7, 11) is 3.45. The van der Waals surface area contributed by atoms with Gasteiger partial charge in [0.2, 0.25) is 5.91 Å². The minimum Gasteiger partial charge on any atom is -0.497 e. The number of nitrogens with one attached hydrogen (secondary N) is 1. The number of amides is 2. The average Bonchev–Trinajstić information content (AvgIpc) is 3.03. The first-order valence-electron chi connectivity index (χ1n) is 10.8. The van der Waals surface area contributed by atoms with Crippen molar-refractivity contribution in [3.8, 4) is 16.9 Å². The molecule has 0 aliphatic carbocycles. The van der Waals surface area contributed by atoms with Gasteiger partial charge in [-0.25, -0.2) is 0 Å². The molecule has 1 unspecified atom stereocenters. The lowest BCUT2D eigenvalue weighted by atomic mass is 9.91. The van der Waals surface area contributed by atoms with Crippen LogP contribution in [0.4, 0.5) is 0 Å². The maximum atomic E-state index is 13.2. The Morgan fingerprint density at radius 1 is 1.19 bits per heavy atom. The van der Waals surface area contributed by atoms with Crippen molar-refractivity contribution in [2.24, 2.45) is 13.0 Å². The maximum absolute atomic E-state index is 13.2. The molecule has 0 radical (unpaired) electrons. The Morgan fingerprint density at radius 3 is 2.62 bits per heavy atom. The molecule has 2 amide bonds. The second kappa shape index (κ2) is 9.26. The lowest BCUT2D eigenvalue weighted by molar-refractivity contribution is -0.124. The molecule has 1 atom stereocenters. The third-order valence-corrected chi connectivity index (χ3v) is 5.91. The van der Waals surface area contributed by atoms with E-state index in [9.17, 15) is 9.59 Å². The molecule has 0 bridgehead atoms. The predicted octanol–water partition coefficient (Wildman–Crippen LogP) is 2.84. The second-order valence-electron chi connectivity index (χ2n) is 8.13. The van der Waals surface area contributed by atoms with E-state index >= 15 is 0 Å². The minimum atomic E-state index is -0.335. The molecule has 1 aliphatic heterocycles. The number of hydrogen-bond acceptors (Lipinski definition) is 4. The summed E-state index contributed by atoms with van der Waals surface area (Å²) in [5.41, 5.74) is 4.49. The highest BCUT2D eigenvalue weighted by Gasteiger charge is 2.30. The van der Waals surface area contributed by atoms with E-state index in [1.54, 1.807) is 29.9 Å². The van der Waals surface area contributed by atoms with Crippen LogP contribution in [-0.2, 0) is 18.3 Å². The highest BCUT2D eigenvalue weighted by atomic mass is 16.5. The molecule has 3 aromatic rings. The summed E-state index contributed by atoms with van der Waals surface area (Å²) in [6, 6.07) is 16.0. The molecule has 32 heavy (non-hydrogen) atoms. The van der Waals surface area contributed by atoms with Crippen molar-refractivity contribution in [2.45, 2.75) is 13.3 Å². The number of benzene rings is 2. The number of aryl methyl sites for hydroxylation is 2. The molecular formula is C25H28N4O3. The van der Waals surface area contributed by atoms with Crippen LogP contribution >= 0.6 is 0 Å². The first kappa shape index (κ1) is 21.6. The van der Waals surface area contributed by atoms with E-state index in [2.05, 4.69) is 22.5 Å². The number of hydrogen-bond donors (Lipinski definition) is 1. The Kier molecular flexibility index (Phi) is 6.25. The molecule has 1 N–H and O–H groups in total. The molecule has 1 fully saturated rings. The zero-order valence-corrected chi connectivity index (χ0v) is 18.7. The number of aromatic nitrogens is 2. The smallest absolute Gasteiger partial charge is 0.257 e. The fourth-order valence-electron chi connectivity index (χ4n) is 4.24. The molecule has 166 valence electrons. The van der Waals surface area contributed by atoms with Crippen LogP contribution < -0.4 is 10.1 Å². The first-order chi connectivity index (χ1) is 15.5. The molecule has 0 saturated carbocycles. The number of ether oxygens (including phenoxy) is 1. The summed E-state index contributed by atoms with van der Waals surface area (Å²) in [6.07, 6.45) is 2.29. The molecule has 1 aliphatic rings. The van der Waals surface area contributed by atoms with E-state index < -0.39 is 0 Å².